The van der Waals surface area contributed by atoms with Crippen molar-refractivity contribution in [3.05, 3.63) is 76.2 Å². The maximum atomic E-state index is 13.7. The van der Waals surface area contributed by atoms with Crippen molar-refractivity contribution in [3.8, 4) is 17.0 Å². The molecule has 7 heteroatoms. The van der Waals surface area contributed by atoms with Gasteiger partial charge in [0.2, 0.25) is 0 Å². The first-order valence-electron chi connectivity index (χ1n) is 12.2. The van der Waals surface area contributed by atoms with E-state index in [1.165, 1.54) is 11.3 Å². The number of carbonyl (C=O) groups excluding carboxylic acids is 2. The number of amides is 1. The SMILES string of the molecule is CCOC(=O)c1c(NC(=O)c2cc(-c3cccc(OC)c3)nc3ccccc23)sc2c1CC[C@H](C)C2. The number of nitrogens with zero attached hydrogens (tertiary/aromatic N) is 1. The Balaban J connectivity index is 1.58. The minimum absolute atomic E-state index is 0.282. The molecule has 2 aromatic carbocycles. The zero-order chi connectivity index (χ0) is 25.2. The molecule has 0 fully saturated rings. The fourth-order valence-corrected chi connectivity index (χ4v) is 6.12. The Morgan fingerprint density at radius 1 is 1.14 bits per heavy atom. The molecule has 184 valence electrons. The Morgan fingerprint density at radius 3 is 2.78 bits per heavy atom. The highest BCUT2D eigenvalue weighted by atomic mass is 32.1. The Morgan fingerprint density at radius 2 is 1.97 bits per heavy atom. The largest absolute Gasteiger partial charge is 0.497 e. The number of para-hydroxylation sites is 1. The topological polar surface area (TPSA) is 77.5 Å². The molecule has 0 unspecified atom stereocenters. The summed E-state index contributed by atoms with van der Waals surface area (Å²) >= 11 is 1.49. The molecule has 1 aliphatic carbocycles. The number of hydrogen-bond acceptors (Lipinski definition) is 6. The summed E-state index contributed by atoms with van der Waals surface area (Å²) in [6.07, 6.45) is 2.73. The van der Waals surface area contributed by atoms with Gasteiger partial charge in [0.15, 0.2) is 0 Å². The van der Waals surface area contributed by atoms with Gasteiger partial charge in [-0.2, -0.15) is 0 Å². The highest BCUT2D eigenvalue weighted by molar-refractivity contribution is 7.17. The summed E-state index contributed by atoms with van der Waals surface area (Å²) in [5.74, 6) is 0.599. The monoisotopic (exact) mass is 500 g/mol. The average molecular weight is 501 g/mol. The van der Waals surface area contributed by atoms with Gasteiger partial charge in [-0.05, 0) is 61.9 Å². The molecule has 36 heavy (non-hydrogen) atoms. The summed E-state index contributed by atoms with van der Waals surface area (Å²) in [6, 6.07) is 17.0. The molecule has 0 saturated heterocycles. The number of ether oxygens (including phenoxy) is 2. The van der Waals surface area contributed by atoms with E-state index < -0.39 is 0 Å². The average Bonchev–Trinajstić information content (AvgIpc) is 3.24. The third kappa shape index (κ3) is 4.58. The lowest BCUT2D eigenvalue weighted by Gasteiger charge is -2.18. The molecule has 1 N–H and O–H groups in total. The first-order chi connectivity index (χ1) is 17.5. The van der Waals surface area contributed by atoms with Crippen molar-refractivity contribution in [2.24, 2.45) is 5.92 Å². The fraction of sp³-hybridized carbons (Fsp3) is 0.276. The number of hydrogen-bond donors (Lipinski definition) is 1. The number of thiophene rings is 1. The number of pyridine rings is 1. The number of carbonyl (C=O) groups is 2. The maximum absolute atomic E-state index is 13.7. The predicted octanol–water partition coefficient (Wildman–Crippen LogP) is 6.53. The van der Waals surface area contributed by atoms with Crippen molar-refractivity contribution in [1.82, 2.24) is 4.98 Å². The van der Waals surface area contributed by atoms with E-state index in [2.05, 4.69) is 12.2 Å². The van der Waals surface area contributed by atoms with Crippen LogP contribution in [0, 0.1) is 5.92 Å². The van der Waals surface area contributed by atoms with Crippen LogP contribution in [-0.2, 0) is 17.6 Å². The van der Waals surface area contributed by atoms with E-state index in [1.54, 1.807) is 20.1 Å². The smallest absolute Gasteiger partial charge is 0.341 e. The van der Waals surface area contributed by atoms with Crippen LogP contribution in [0.5, 0.6) is 5.75 Å². The minimum atomic E-state index is -0.378. The summed E-state index contributed by atoms with van der Waals surface area (Å²) in [4.78, 5) is 32.6. The number of aromatic nitrogens is 1. The second kappa shape index (κ2) is 10.1. The molecule has 6 nitrogen and oxygen atoms in total. The lowest BCUT2D eigenvalue weighted by Crippen LogP contribution is -2.17. The highest BCUT2D eigenvalue weighted by Crippen LogP contribution is 2.40. The summed E-state index contributed by atoms with van der Waals surface area (Å²) in [6.45, 7) is 4.29. The van der Waals surface area contributed by atoms with Crippen LogP contribution in [0.1, 0.15) is 51.4 Å². The van der Waals surface area contributed by atoms with Crippen molar-refractivity contribution in [2.75, 3.05) is 19.0 Å². The molecule has 1 atom stereocenters. The standard InChI is InChI=1S/C29H28N2O4S/c1-4-35-29(33)26-21-13-12-17(2)14-25(21)36-28(26)31-27(32)22-16-24(18-8-7-9-19(15-18)34-3)30-23-11-6-5-10-20(22)23/h5-11,15-17H,4,12-14H2,1-3H3,(H,31,32)/t17-/m0/s1. The van der Waals surface area contributed by atoms with E-state index in [-0.39, 0.29) is 18.5 Å². The number of benzene rings is 2. The van der Waals surface area contributed by atoms with Crippen molar-refractivity contribution in [3.63, 3.8) is 0 Å². The van der Waals surface area contributed by atoms with Crippen LogP contribution in [0.4, 0.5) is 5.00 Å². The van der Waals surface area contributed by atoms with Gasteiger partial charge >= 0.3 is 5.97 Å². The summed E-state index contributed by atoms with van der Waals surface area (Å²) in [5, 5.41) is 4.36. The van der Waals surface area contributed by atoms with Gasteiger partial charge in [-0.15, -0.1) is 11.3 Å². The van der Waals surface area contributed by atoms with Crippen LogP contribution in [0.3, 0.4) is 0 Å². The molecule has 0 spiro atoms. The van der Waals surface area contributed by atoms with E-state index in [9.17, 15) is 9.59 Å². The number of nitrogens with one attached hydrogen (secondary N) is 1. The van der Waals surface area contributed by atoms with Crippen molar-refractivity contribution in [2.45, 2.75) is 33.1 Å². The molecule has 2 heterocycles. The van der Waals surface area contributed by atoms with Gasteiger partial charge in [0.25, 0.3) is 5.91 Å². The molecule has 0 bridgehead atoms. The molecule has 0 aliphatic heterocycles. The molecule has 2 aromatic heterocycles. The van der Waals surface area contributed by atoms with E-state index in [1.807, 2.05) is 48.5 Å². The molecule has 4 aromatic rings. The van der Waals surface area contributed by atoms with Crippen molar-refractivity contribution < 1.29 is 19.1 Å². The van der Waals surface area contributed by atoms with E-state index in [0.29, 0.717) is 39.0 Å². The Kier molecular flexibility index (Phi) is 6.74. The summed E-state index contributed by atoms with van der Waals surface area (Å²) in [7, 11) is 1.62. The lowest BCUT2D eigenvalue weighted by atomic mass is 9.88. The second-order valence-corrected chi connectivity index (χ2v) is 10.1. The normalized spacial score (nSPS) is 14.8. The zero-order valence-corrected chi connectivity index (χ0v) is 21.4. The number of rotatable bonds is 6. The van der Waals surface area contributed by atoms with Gasteiger partial charge < -0.3 is 14.8 Å². The molecular weight excluding hydrogens is 472 g/mol. The Labute approximate surface area is 214 Å². The molecule has 5 rings (SSSR count). The first kappa shape index (κ1) is 24.0. The summed E-state index contributed by atoms with van der Waals surface area (Å²) < 4.78 is 10.7. The van der Waals surface area contributed by atoms with Gasteiger partial charge in [-0.3, -0.25) is 4.79 Å². The van der Waals surface area contributed by atoms with Gasteiger partial charge in [-0.25, -0.2) is 9.78 Å². The zero-order valence-electron chi connectivity index (χ0n) is 20.6. The first-order valence-corrected chi connectivity index (χ1v) is 13.0. The van der Waals surface area contributed by atoms with Crippen LogP contribution < -0.4 is 10.1 Å². The van der Waals surface area contributed by atoms with Gasteiger partial charge in [0.05, 0.1) is 36.1 Å². The third-order valence-corrected chi connectivity index (χ3v) is 7.71. The number of anilines is 1. The van der Waals surface area contributed by atoms with E-state index in [4.69, 9.17) is 14.5 Å². The predicted molar refractivity (Wildman–Crippen MR) is 143 cm³/mol. The third-order valence-electron chi connectivity index (χ3n) is 6.54. The van der Waals surface area contributed by atoms with Crippen LogP contribution in [0.15, 0.2) is 54.6 Å². The van der Waals surface area contributed by atoms with Crippen LogP contribution >= 0.6 is 11.3 Å². The second-order valence-electron chi connectivity index (χ2n) is 9.03. The van der Waals surface area contributed by atoms with E-state index in [0.717, 1.165) is 40.7 Å². The molecule has 1 aliphatic rings. The maximum Gasteiger partial charge on any atom is 0.341 e. The van der Waals surface area contributed by atoms with Gasteiger partial charge in [0, 0.05) is 15.8 Å². The molecule has 0 radical (unpaired) electrons. The van der Waals surface area contributed by atoms with Gasteiger partial charge in [-0.1, -0.05) is 37.3 Å². The van der Waals surface area contributed by atoms with Crippen LogP contribution in [0.2, 0.25) is 0 Å². The minimum Gasteiger partial charge on any atom is -0.497 e. The summed E-state index contributed by atoms with van der Waals surface area (Å²) in [5.41, 5.74) is 4.25. The lowest BCUT2D eigenvalue weighted by molar-refractivity contribution is 0.0526. The molecule has 1 amide bonds. The highest BCUT2D eigenvalue weighted by Gasteiger charge is 2.29. The van der Waals surface area contributed by atoms with Crippen LogP contribution in [-0.4, -0.2) is 30.6 Å². The number of esters is 1. The Hall–Kier alpha value is -3.71. The van der Waals surface area contributed by atoms with Crippen LogP contribution in [0.25, 0.3) is 22.2 Å². The van der Waals surface area contributed by atoms with Gasteiger partial charge in [0.1, 0.15) is 10.8 Å². The van der Waals surface area contributed by atoms with Crippen molar-refractivity contribution in [1.29, 1.82) is 0 Å². The van der Waals surface area contributed by atoms with Crippen molar-refractivity contribution >= 4 is 39.1 Å². The number of methoxy groups -OCH3 is 1. The number of fused-ring (bicyclic) bond motifs is 2. The quantitative estimate of drug-likeness (QED) is 0.305. The Bertz CT molecular complexity index is 1460. The molecule has 0 saturated carbocycles. The van der Waals surface area contributed by atoms with E-state index >= 15 is 0 Å². The fourth-order valence-electron chi connectivity index (χ4n) is 4.72. The molecular formula is C29H28N2O4S.